The van der Waals surface area contributed by atoms with Gasteiger partial charge >= 0.3 is 11.9 Å². The molecule has 200 valence electrons. The summed E-state index contributed by atoms with van der Waals surface area (Å²) in [5.74, 6) is -3.06. The van der Waals surface area contributed by atoms with E-state index in [-0.39, 0.29) is 19.0 Å². The molecule has 0 aromatic heterocycles. The SMILES string of the molecule is CCOC(=O)C1=C(C)N=C2C[C@H](c3ccc(OC)cc3)[C@H](C(=O)OCC)C(=O)C2[C@@H]1c1ccc(OC)cc1. The molecule has 0 amide bonds. The number of ketones is 1. The normalized spacial score (nSPS) is 22.8. The van der Waals surface area contributed by atoms with E-state index in [2.05, 4.69) is 0 Å². The lowest BCUT2D eigenvalue weighted by atomic mass is 9.62. The molecule has 0 spiro atoms. The fraction of sp³-hybridized carbons (Fsp3) is 0.400. The average Bonchev–Trinajstić information content (AvgIpc) is 2.92. The van der Waals surface area contributed by atoms with E-state index in [1.165, 1.54) is 0 Å². The van der Waals surface area contributed by atoms with Crippen molar-refractivity contribution in [3.63, 3.8) is 0 Å². The third-order valence-corrected chi connectivity index (χ3v) is 7.20. The van der Waals surface area contributed by atoms with Gasteiger partial charge in [0.25, 0.3) is 0 Å². The maximum atomic E-state index is 14.3. The molecule has 0 radical (unpaired) electrons. The Labute approximate surface area is 222 Å². The zero-order valence-electron chi connectivity index (χ0n) is 22.4. The van der Waals surface area contributed by atoms with Gasteiger partial charge in [-0.05, 0) is 62.6 Å². The van der Waals surface area contributed by atoms with Crippen molar-refractivity contribution in [2.75, 3.05) is 27.4 Å². The number of rotatable bonds is 8. The summed E-state index contributed by atoms with van der Waals surface area (Å²) in [6.07, 6.45) is 0.367. The van der Waals surface area contributed by atoms with Gasteiger partial charge in [0, 0.05) is 23.2 Å². The molecule has 0 saturated heterocycles. The van der Waals surface area contributed by atoms with Crippen LogP contribution in [0, 0.1) is 11.8 Å². The van der Waals surface area contributed by atoms with E-state index < -0.39 is 35.6 Å². The minimum atomic E-state index is -1.05. The van der Waals surface area contributed by atoms with Crippen LogP contribution in [0.4, 0.5) is 0 Å². The van der Waals surface area contributed by atoms with Gasteiger partial charge in [-0.3, -0.25) is 14.6 Å². The van der Waals surface area contributed by atoms with Crippen LogP contribution in [0.2, 0.25) is 0 Å². The second-order valence-corrected chi connectivity index (χ2v) is 9.27. The first kappa shape index (κ1) is 27.1. The van der Waals surface area contributed by atoms with E-state index in [0.29, 0.717) is 34.9 Å². The van der Waals surface area contributed by atoms with Gasteiger partial charge in [0.1, 0.15) is 17.4 Å². The number of hydrogen-bond acceptors (Lipinski definition) is 8. The first-order valence-corrected chi connectivity index (χ1v) is 12.8. The predicted molar refractivity (Wildman–Crippen MR) is 141 cm³/mol. The summed E-state index contributed by atoms with van der Waals surface area (Å²) in [6, 6.07) is 14.6. The summed E-state index contributed by atoms with van der Waals surface area (Å²) < 4.78 is 21.4. The highest BCUT2D eigenvalue weighted by atomic mass is 16.5. The van der Waals surface area contributed by atoms with Crippen LogP contribution in [0.15, 0.2) is 64.8 Å². The zero-order valence-corrected chi connectivity index (χ0v) is 22.4. The Kier molecular flexibility index (Phi) is 8.29. The second-order valence-electron chi connectivity index (χ2n) is 9.27. The topological polar surface area (TPSA) is 100 Å². The van der Waals surface area contributed by atoms with Crippen molar-refractivity contribution in [1.82, 2.24) is 0 Å². The lowest BCUT2D eigenvalue weighted by Crippen LogP contribution is -2.48. The highest BCUT2D eigenvalue weighted by Crippen LogP contribution is 2.48. The fourth-order valence-corrected chi connectivity index (χ4v) is 5.49. The van der Waals surface area contributed by atoms with E-state index in [1.54, 1.807) is 59.3 Å². The number of benzene rings is 2. The molecule has 1 aliphatic heterocycles. The van der Waals surface area contributed by atoms with Crippen molar-refractivity contribution < 1.29 is 33.3 Å². The molecule has 1 aliphatic carbocycles. The number of carbonyl (C=O) groups is 3. The van der Waals surface area contributed by atoms with Crippen LogP contribution in [0.25, 0.3) is 0 Å². The van der Waals surface area contributed by atoms with Crippen LogP contribution >= 0.6 is 0 Å². The Morgan fingerprint density at radius 1 is 0.842 bits per heavy atom. The number of nitrogens with zero attached hydrogens (tertiary/aromatic N) is 1. The minimum absolute atomic E-state index is 0.151. The van der Waals surface area contributed by atoms with Gasteiger partial charge in [0.2, 0.25) is 0 Å². The van der Waals surface area contributed by atoms with Crippen molar-refractivity contribution in [1.29, 1.82) is 0 Å². The Morgan fingerprint density at radius 3 is 1.92 bits per heavy atom. The van der Waals surface area contributed by atoms with E-state index in [1.807, 2.05) is 24.3 Å². The molecule has 4 atom stereocenters. The van der Waals surface area contributed by atoms with Crippen LogP contribution in [0.3, 0.4) is 0 Å². The smallest absolute Gasteiger partial charge is 0.336 e. The van der Waals surface area contributed by atoms with Crippen molar-refractivity contribution in [2.24, 2.45) is 16.8 Å². The number of Topliss-reactive ketones (excluding diaryl/α,β-unsaturated/α-hetero) is 1. The Balaban J connectivity index is 1.86. The zero-order chi connectivity index (χ0) is 27.4. The number of hydrogen-bond donors (Lipinski definition) is 0. The number of esters is 2. The van der Waals surface area contributed by atoms with Crippen molar-refractivity contribution in [3.8, 4) is 11.5 Å². The molecule has 8 nitrogen and oxygen atoms in total. The lowest BCUT2D eigenvalue weighted by Gasteiger charge is -2.41. The molecule has 0 bridgehead atoms. The molecule has 0 N–H and O–H groups in total. The third-order valence-electron chi connectivity index (χ3n) is 7.20. The molecular weight excluding hydrogens is 486 g/mol. The summed E-state index contributed by atoms with van der Waals surface area (Å²) in [6.45, 7) is 5.54. The molecule has 2 aromatic carbocycles. The second kappa shape index (κ2) is 11.6. The average molecular weight is 520 g/mol. The van der Waals surface area contributed by atoms with Crippen LogP contribution in [-0.4, -0.2) is 50.9 Å². The summed E-state index contributed by atoms with van der Waals surface area (Å²) in [5, 5.41) is 0. The van der Waals surface area contributed by atoms with Gasteiger partial charge in [-0.25, -0.2) is 4.79 Å². The highest BCUT2D eigenvalue weighted by molar-refractivity contribution is 6.17. The highest BCUT2D eigenvalue weighted by Gasteiger charge is 2.53. The molecule has 2 aromatic rings. The number of fused-ring (bicyclic) bond motifs is 1. The lowest BCUT2D eigenvalue weighted by molar-refractivity contribution is -0.153. The molecule has 2 aliphatic rings. The van der Waals surface area contributed by atoms with Crippen LogP contribution in [0.5, 0.6) is 11.5 Å². The summed E-state index contributed by atoms with van der Waals surface area (Å²) in [5.41, 5.74) is 3.03. The predicted octanol–water partition coefficient (Wildman–Crippen LogP) is 4.63. The number of methoxy groups -OCH3 is 2. The first-order chi connectivity index (χ1) is 18.3. The van der Waals surface area contributed by atoms with Crippen molar-refractivity contribution in [3.05, 3.63) is 70.9 Å². The minimum Gasteiger partial charge on any atom is -0.497 e. The molecule has 8 heteroatoms. The molecule has 1 saturated carbocycles. The monoisotopic (exact) mass is 519 g/mol. The quantitative estimate of drug-likeness (QED) is 0.370. The summed E-state index contributed by atoms with van der Waals surface area (Å²) >= 11 is 0. The molecule has 4 rings (SSSR count). The standard InChI is InChI=1S/C30H33NO7/c1-6-37-29(33)24-17(3)31-23-16-22(18-8-12-20(35-4)13-9-18)26(30(34)38-7-2)28(32)27(23)25(24)19-10-14-21(36-5)15-11-19/h8-15,22,25-27H,6-7,16H2,1-5H3/t22-,25-,26+,27?/m1/s1. The summed E-state index contributed by atoms with van der Waals surface area (Å²) in [7, 11) is 3.15. The van der Waals surface area contributed by atoms with E-state index in [0.717, 1.165) is 11.1 Å². The number of carbonyl (C=O) groups excluding carboxylic acids is 3. The van der Waals surface area contributed by atoms with Gasteiger partial charge in [-0.15, -0.1) is 0 Å². The molecule has 1 fully saturated rings. The number of allylic oxidation sites excluding steroid dienone is 1. The van der Waals surface area contributed by atoms with E-state index in [4.69, 9.17) is 23.9 Å². The number of ether oxygens (including phenoxy) is 4. The van der Waals surface area contributed by atoms with Gasteiger partial charge < -0.3 is 18.9 Å². The van der Waals surface area contributed by atoms with Gasteiger partial charge in [-0.1, -0.05) is 24.3 Å². The Hall–Kier alpha value is -3.94. The number of aliphatic imine (C=N–C) groups is 1. The maximum absolute atomic E-state index is 14.3. The maximum Gasteiger partial charge on any atom is 0.336 e. The van der Waals surface area contributed by atoms with Gasteiger partial charge in [-0.2, -0.15) is 0 Å². The third kappa shape index (κ3) is 5.08. The van der Waals surface area contributed by atoms with Crippen LogP contribution in [-0.2, 0) is 23.9 Å². The first-order valence-electron chi connectivity index (χ1n) is 12.8. The van der Waals surface area contributed by atoms with E-state index in [9.17, 15) is 14.4 Å². The molecule has 1 unspecified atom stereocenters. The Bertz CT molecular complexity index is 1260. The van der Waals surface area contributed by atoms with Crippen molar-refractivity contribution >= 4 is 23.4 Å². The largest absolute Gasteiger partial charge is 0.497 e. The summed E-state index contributed by atoms with van der Waals surface area (Å²) in [4.78, 5) is 45.5. The van der Waals surface area contributed by atoms with Gasteiger partial charge in [0.15, 0.2) is 5.78 Å². The van der Waals surface area contributed by atoms with Gasteiger partial charge in [0.05, 0.1) is 38.9 Å². The molecule has 38 heavy (non-hydrogen) atoms. The fourth-order valence-electron chi connectivity index (χ4n) is 5.49. The van der Waals surface area contributed by atoms with Crippen molar-refractivity contribution in [2.45, 2.75) is 39.0 Å². The van der Waals surface area contributed by atoms with Crippen LogP contribution < -0.4 is 9.47 Å². The van der Waals surface area contributed by atoms with E-state index >= 15 is 0 Å². The van der Waals surface area contributed by atoms with Crippen LogP contribution in [0.1, 0.15) is 50.2 Å². The molecule has 1 heterocycles. The molecular formula is C30H33NO7. The Morgan fingerprint density at radius 2 is 1.39 bits per heavy atom.